The van der Waals surface area contributed by atoms with Crippen molar-refractivity contribution in [1.82, 2.24) is 4.98 Å². The molecule has 0 unspecified atom stereocenters. The Kier molecular flexibility index (Phi) is 6.43. The molecule has 1 amide bonds. The van der Waals surface area contributed by atoms with Gasteiger partial charge in [-0.1, -0.05) is 29.8 Å². The lowest BCUT2D eigenvalue weighted by Gasteiger charge is -2.09. The lowest BCUT2D eigenvalue weighted by molar-refractivity contribution is -0.112. The number of nitrogens with one attached hydrogen (secondary N) is 1. The number of nitriles is 1. The third kappa shape index (κ3) is 4.97. The van der Waals surface area contributed by atoms with Gasteiger partial charge in [0.15, 0.2) is 0 Å². The average molecular weight is 410 g/mol. The van der Waals surface area contributed by atoms with Gasteiger partial charge in [-0.15, -0.1) is 11.3 Å². The number of rotatable bonds is 6. The Balaban J connectivity index is 1.68. The fourth-order valence-corrected chi connectivity index (χ4v) is 3.09. The molecule has 0 aliphatic heterocycles. The van der Waals surface area contributed by atoms with E-state index in [1.165, 1.54) is 17.4 Å². The third-order valence-electron chi connectivity index (χ3n) is 3.94. The first kappa shape index (κ1) is 19.6. The molecule has 5 nitrogen and oxygen atoms in total. The van der Waals surface area contributed by atoms with Crippen LogP contribution >= 0.6 is 22.9 Å². The second kappa shape index (κ2) is 9.18. The number of amides is 1. The Morgan fingerprint density at radius 2 is 2.11 bits per heavy atom. The monoisotopic (exact) mass is 409 g/mol. The van der Waals surface area contributed by atoms with Crippen molar-refractivity contribution >= 4 is 40.6 Å². The first-order valence-corrected chi connectivity index (χ1v) is 9.67. The van der Waals surface area contributed by atoms with Gasteiger partial charge in [0, 0.05) is 16.1 Å². The van der Waals surface area contributed by atoms with E-state index < -0.39 is 5.91 Å². The van der Waals surface area contributed by atoms with Crippen LogP contribution in [0, 0.1) is 18.3 Å². The summed E-state index contributed by atoms with van der Waals surface area (Å²) < 4.78 is 5.65. The minimum Gasteiger partial charge on any atom is -0.487 e. The molecule has 0 spiro atoms. The maximum absolute atomic E-state index is 12.4. The fourth-order valence-electron chi connectivity index (χ4n) is 2.37. The van der Waals surface area contributed by atoms with E-state index in [1.54, 1.807) is 54.9 Å². The predicted molar refractivity (Wildman–Crippen MR) is 111 cm³/mol. The molecule has 1 aromatic heterocycles. The van der Waals surface area contributed by atoms with Crippen molar-refractivity contribution in [2.75, 3.05) is 5.32 Å². The highest BCUT2D eigenvalue weighted by Crippen LogP contribution is 2.23. The Labute approximate surface area is 171 Å². The van der Waals surface area contributed by atoms with E-state index in [1.807, 2.05) is 11.4 Å². The number of thiazole rings is 1. The number of aromatic nitrogens is 1. The standard InChI is InChI=1S/C21H16ClN3O2S/c1-14-19(22)3-2-4-20(14)25-21(26)16(10-23)9-15-5-7-18(8-6-15)27-11-17-12-28-13-24-17/h2-9,12-13H,11H2,1H3,(H,25,26)/b16-9+. The predicted octanol–water partition coefficient (Wildman–Crippen LogP) is 5.23. The fraction of sp³-hybridized carbons (Fsp3) is 0.0952. The first-order valence-electron chi connectivity index (χ1n) is 8.35. The lowest BCUT2D eigenvalue weighted by Crippen LogP contribution is -2.14. The number of benzene rings is 2. The molecule has 0 saturated heterocycles. The molecule has 2 aromatic carbocycles. The van der Waals surface area contributed by atoms with Crippen LogP contribution in [0.2, 0.25) is 5.02 Å². The maximum atomic E-state index is 12.4. The van der Waals surface area contributed by atoms with E-state index in [-0.39, 0.29) is 5.57 Å². The summed E-state index contributed by atoms with van der Waals surface area (Å²) in [6.45, 7) is 2.20. The molecule has 3 rings (SSSR count). The van der Waals surface area contributed by atoms with Crippen molar-refractivity contribution in [1.29, 1.82) is 5.26 Å². The Morgan fingerprint density at radius 3 is 2.79 bits per heavy atom. The largest absolute Gasteiger partial charge is 0.487 e. The summed E-state index contributed by atoms with van der Waals surface area (Å²) in [5, 5.41) is 14.6. The first-order chi connectivity index (χ1) is 13.6. The zero-order valence-corrected chi connectivity index (χ0v) is 16.6. The Hall–Kier alpha value is -3.14. The van der Waals surface area contributed by atoms with Gasteiger partial charge in [-0.3, -0.25) is 4.79 Å². The van der Waals surface area contributed by atoms with E-state index in [0.29, 0.717) is 23.1 Å². The SMILES string of the molecule is Cc1c(Cl)cccc1NC(=O)/C(C#N)=C/c1ccc(OCc2cscn2)cc1. The molecule has 28 heavy (non-hydrogen) atoms. The zero-order chi connectivity index (χ0) is 19.9. The quantitative estimate of drug-likeness (QED) is 0.446. The molecular formula is C21H16ClN3O2S. The van der Waals surface area contributed by atoms with Crippen molar-refractivity contribution < 1.29 is 9.53 Å². The molecule has 0 fully saturated rings. The van der Waals surface area contributed by atoms with Crippen LogP contribution in [-0.2, 0) is 11.4 Å². The van der Waals surface area contributed by atoms with Crippen LogP contribution < -0.4 is 10.1 Å². The third-order valence-corrected chi connectivity index (χ3v) is 4.99. The van der Waals surface area contributed by atoms with Crippen LogP contribution in [0.4, 0.5) is 5.69 Å². The van der Waals surface area contributed by atoms with Crippen LogP contribution in [-0.4, -0.2) is 10.9 Å². The van der Waals surface area contributed by atoms with Crippen molar-refractivity contribution in [2.45, 2.75) is 13.5 Å². The van der Waals surface area contributed by atoms with Gasteiger partial charge in [-0.2, -0.15) is 5.26 Å². The molecule has 0 bridgehead atoms. The molecule has 3 aromatic rings. The zero-order valence-electron chi connectivity index (χ0n) is 15.0. The summed E-state index contributed by atoms with van der Waals surface area (Å²) in [5.74, 6) is 0.194. The molecule has 1 N–H and O–H groups in total. The molecule has 0 atom stereocenters. The van der Waals surface area contributed by atoms with Gasteiger partial charge in [0.05, 0.1) is 11.2 Å². The summed E-state index contributed by atoms with van der Waals surface area (Å²) >= 11 is 7.58. The van der Waals surface area contributed by atoms with Crippen LogP contribution in [0.3, 0.4) is 0 Å². The number of carbonyl (C=O) groups excluding carboxylic acids is 1. The lowest BCUT2D eigenvalue weighted by atomic mass is 10.1. The minimum atomic E-state index is -0.489. The van der Waals surface area contributed by atoms with Crippen molar-refractivity contribution in [3.05, 3.63) is 80.8 Å². The molecule has 0 aliphatic rings. The smallest absolute Gasteiger partial charge is 0.266 e. The minimum absolute atomic E-state index is 0.00415. The van der Waals surface area contributed by atoms with E-state index in [9.17, 15) is 10.1 Å². The molecular weight excluding hydrogens is 394 g/mol. The van der Waals surface area contributed by atoms with Gasteiger partial charge >= 0.3 is 0 Å². The van der Waals surface area contributed by atoms with Gasteiger partial charge in [-0.25, -0.2) is 4.98 Å². The maximum Gasteiger partial charge on any atom is 0.266 e. The molecule has 0 saturated carbocycles. The van der Waals surface area contributed by atoms with Crippen LogP contribution in [0.25, 0.3) is 6.08 Å². The molecule has 0 radical (unpaired) electrons. The van der Waals surface area contributed by atoms with Gasteiger partial charge < -0.3 is 10.1 Å². The van der Waals surface area contributed by atoms with E-state index in [2.05, 4.69) is 10.3 Å². The van der Waals surface area contributed by atoms with E-state index >= 15 is 0 Å². The van der Waals surface area contributed by atoms with Crippen molar-refractivity contribution in [2.24, 2.45) is 0 Å². The van der Waals surface area contributed by atoms with Crippen LogP contribution in [0.5, 0.6) is 5.75 Å². The van der Waals surface area contributed by atoms with Crippen molar-refractivity contribution in [3.8, 4) is 11.8 Å². The molecule has 140 valence electrons. The molecule has 0 aliphatic carbocycles. The summed E-state index contributed by atoms with van der Waals surface area (Å²) in [6, 6.07) is 14.3. The number of nitrogens with zero attached hydrogens (tertiary/aromatic N) is 2. The molecule has 7 heteroatoms. The number of anilines is 1. The van der Waals surface area contributed by atoms with Crippen molar-refractivity contribution in [3.63, 3.8) is 0 Å². The van der Waals surface area contributed by atoms with Crippen LogP contribution in [0.1, 0.15) is 16.8 Å². The number of hydrogen-bond donors (Lipinski definition) is 1. The highest BCUT2D eigenvalue weighted by Gasteiger charge is 2.12. The topological polar surface area (TPSA) is 75.0 Å². The summed E-state index contributed by atoms with van der Waals surface area (Å²) in [4.78, 5) is 16.6. The Bertz CT molecular complexity index is 1040. The highest BCUT2D eigenvalue weighted by atomic mass is 35.5. The van der Waals surface area contributed by atoms with E-state index in [0.717, 1.165) is 16.8 Å². The average Bonchev–Trinajstić information content (AvgIpc) is 3.22. The molecule has 1 heterocycles. The number of hydrogen-bond acceptors (Lipinski definition) is 5. The second-order valence-corrected chi connectivity index (χ2v) is 7.00. The summed E-state index contributed by atoms with van der Waals surface area (Å²) in [6.07, 6.45) is 1.53. The van der Waals surface area contributed by atoms with Gasteiger partial charge in [0.25, 0.3) is 5.91 Å². The normalized spacial score (nSPS) is 11.0. The van der Waals surface area contributed by atoms with Gasteiger partial charge in [0.1, 0.15) is 24.0 Å². The van der Waals surface area contributed by atoms with Crippen LogP contribution in [0.15, 0.2) is 58.9 Å². The highest BCUT2D eigenvalue weighted by molar-refractivity contribution is 7.07. The summed E-state index contributed by atoms with van der Waals surface area (Å²) in [5.41, 5.74) is 4.66. The number of halogens is 1. The number of ether oxygens (including phenoxy) is 1. The van der Waals surface area contributed by atoms with Gasteiger partial charge in [0.2, 0.25) is 0 Å². The van der Waals surface area contributed by atoms with E-state index in [4.69, 9.17) is 16.3 Å². The van der Waals surface area contributed by atoms with Gasteiger partial charge in [-0.05, 0) is 48.4 Å². The Morgan fingerprint density at radius 1 is 1.32 bits per heavy atom. The number of carbonyl (C=O) groups is 1. The second-order valence-electron chi connectivity index (χ2n) is 5.87. The summed E-state index contributed by atoms with van der Waals surface area (Å²) in [7, 11) is 0.